The predicted molar refractivity (Wildman–Crippen MR) is 103 cm³/mol. The molecule has 4 rings (SSSR count). The highest BCUT2D eigenvalue weighted by molar-refractivity contribution is 9.10. The quantitative estimate of drug-likeness (QED) is 0.630. The Morgan fingerprint density at radius 3 is 2.77 bits per heavy atom. The van der Waals surface area contributed by atoms with E-state index in [0.29, 0.717) is 36.9 Å². The van der Waals surface area contributed by atoms with Crippen molar-refractivity contribution >= 4 is 33.2 Å². The number of halogens is 1. The van der Waals surface area contributed by atoms with Crippen LogP contribution in [0, 0.1) is 0 Å². The van der Waals surface area contributed by atoms with Gasteiger partial charge in [0.2, 0.25) is 11.7 Å². The molecule has 2 aromatic heterocycles. The van der Waals surface area contributed by atoms with Crippen molar-refractivity contribution in [1.82, 2.24) is 19.9 Å². The van der Waals surface area contributed by atoms with E-state index in [1.807, 2.05) is 46.7 Å². The lowest BCUT2D eigenvalue weighted by molar-refractivity contribution is 0.0615. The lowest BCUT2D eigenvalue weighted by Crippen LogP contribution is -2.48. The number of thiophene rings is 1. The van der Waals surface area contributed by atoms with Crippen molar-refractivity contribution in [2.75, 3.05) is 26.2 Å². The summed E-state index contributed by atoms with van der Waals surface area (Å²) in [5, 5.41) is 6.04. The van der Waals surface area contributed by atoms with Crippen LogP contribution >= 0.6 is 27.3 Å². The Kier molecular flexibility index (Phi) is 5.14. The van der Waals surface area contributed by atoms with E-state index in [9.17, 15) is 4.79 Å². The molecule has 1 amide bonds. The minimum atomic E-state index is 0.0729. The standard InChI is InChI=1S/C18H17BrN4O2S/c19-14-4-1-3-13(11-14)18(24)23-8-6-22(7-9-23)12-16-20-17(21-25-16)15-5-2-10-26-15/h1-5,10-11H,6-9,12H2. The number of benzene rings is 1. The zero-order chi connectivity index (χ0) is 17.9. The van der Waals surface area contributed by atoms with Crippen LogP contribution in [-0.4, -0.2) is 52.0 Å². The summed E-state index contributed by atoms with van der Waals surface area (Å²) in [5.41, 5.74) is 0.713. The van der Waals surface area contributed by atoms with E-state index in [1.54, 1.807) is 11.3 Å². The second-order valence-corrected chi connectivity index (χ2v) is 7.93. The number of amides is 1. The molecule has 0 radical (unpaired) electrons. The van der Waals surface area contributed by atoms with Gasteiger partial charge in [0.1, 0.15) is 0 Å². The molecule has 0 aliphatic carbocycles. The van der Waals surface area contributed by atoms with Crippen LogP contribution in [0.5, 0.6) is 0 Å². The first-order valence-electron chi connectivity index (χ1n) is 8.33. The van der Waals surface area contributed by atoms with Gasteiger partial charge in [0.15, 0.2) is 0 Å². The molecule has 1 aromatic carbocycles. The van der Waals surface area contributed by atoms with Gasteiger partial charge in [-0.1, -0.05) is 33.2 Å². The van der Waals surface area contributed by atoms with E-state index in [0.717, 1.165) is 22.4 Å². The van der Waals surface area contributed by atoms with E-state index in [2.05, 4.69) is 31.0 Å². The Balaban J connectivity index is 1.33. The van der Waals surface area contributed by atoms with Crippen LogP contribution in [0.3, 0.4) is 0 Å². The molecule has 6 nitrogen and oxygen atoms in total. The maximum absolute atomic E-state index is 12.6. The third kappa shape index (κ3) is 3.87. The molecule has 1 aliphatic rings. The monoisotopic (exact) mass is 432 g/mol. The molecule has 0 saturated carbocycles. The van der Waals surface area contributed by atoms with Crippen molar-refractivity contribution < 1.29 is 9.32 Å². The topological polar surface area (TPSA) is 62.5 Å². The van der Waals surface area contributed by atoms with Gasteiger partial charge in [-0.25, -0.2) is 0 Å². The zero-order valence-corrected chi connectivity index (χ0v) is 16.4. The fraction of sp³-hybridized carbons (Fsp3) is 0.278. The third-order valence-corrected chi connectivity index (χ3v) is 5.66. The molecule has 0 atom stereocenters. The third-order valence-electron chi connectivity index (χ3n) is 4.30. The summed E-state index contributed by atoms with van der Waals surface area (Å²) in [6.45, 7) is 3.57. The summed E-state index contributed by atoms with van der Waals surface area (Å²) in [6, 6.07) is 11.5. The summed E-state index contributed by atoms with van der Waals surface area (Å²) in [6.07, 6.45) is 0. The highest BCUT2D eigenvalue weighted by atomic mass is 79.9. The summed E-state index contributed by atoms with van der Waals surface area (Å²) < 4.78 is 6.28. The van der Waals surface area contributed by atoms with Crippen LogP contribution in [-0.2, 0) is 6.54 Å². The van der Waals surface area contributed by atoms with Crippen LogP contribution in [0.25, 0.3) is 10.7 Å². The van der Waals surface area contributed by atoms with E-state index in [-0.39, 0.29) is 5.91 Å². The average molecular weight is 433 g/mol. The first kappa shape index (κ1) is 17.4. The molecule has 0 unspecified atom stereocenters. The molecule has 134 valence electrons. The molecule has 1 saturated heterocycles. The van der Waals surface area contributed by atoms with Gasteiger partial charge in [-0.05, 0) is 29.6 Å². The Hall–Kier alpha value is -2.03. The highest BCUT2D eigenvalue weighted by Crippen LogP contribution is 2.22. The molecular weight excluding hydrogens is 416 g/mol. The van der Waals surface area contributed by atoms with Gasteiger partial charge < -0.3 is 9.42 Å². The van der Waals surface area contributed by atoms with Gasteiger partial charge in [-0.2, -0.15) is 4.98 Å². The number of carbonyl (C=O) groups is 1. The molecule has 3 heterocycles. The van der Waals surface area contributed by atoms with E-state index in [1.165, 1.54) is 0 Å². The minimum absolute atomic E-state index is 0.0729. The van der Waals surface area contributed by atoms with E-state index in [4.69, 9.17) is 4.52 Å². The molecular formula is C18H17BrN4O2S. The van der Waals surface area contributed by atoms with Crippen molar-refractivity contribution in [3.63, 3.8) is 0 Å². The smallest absolute Gasteiger partial charge is 0.253 e. The maximum atomic E-state index is 12.6. The number of rotatable bonds is 4. The minimum Gasteiger partial charge on any atom is -0.338 e. The number of piperazine rings is 1. The summed E-state index contributed by atoms with van der Waals surface area (Å²) in [5.74, 6) is 1.32. The molecule has 8 heteroatoms. The Morgan fingerprint density at radius 2 is 2.04 bits per heavy atom. The van der Waals surface area contributed by atoms with Crippen LogP contribution in [0.1, 0.15) is 16.2 Å². The van der Waals surface area contributed by atoms with Crippen LogP contribution in [0.2, 0.25) is 0 Å². The van der Waals surface area contributed by atoms with Crippen molar-refractivity contribution in [3.05, 3.63) is 57.7 Å². The van der Waals surface area contributed by atoms with Gasteiger partial charge in [0.05, 0.1) is 11.4 Å². The largest absolute Gasteiger partial charge is 0.338 e. The second-order valence-electron chi connectivity index (χ2n) is 6.07. The van der Waals surface area contributed by atoms with Gasteiger partial charge in [0, 0.05) is 36.2 Å². The number of hydrogen-bond acceptors (Lipinski definition) is 6. The van der Waals surface area contributed by atoms with Crippen molar-refractivity contribution in [2.24, 2.45) is 0 Å². The normalized spacial score (nSPS) is 15.3. The van der Waals surface area contributed by atoms with Gasteiger partial charge >= 0.3 is 0 Å². The lowest BCUT2D eigenvalue weighted by atomic mass is 10.2. The molecule has 26 heavy (non-hydrogen) atoms. The van der Waals surface area contributed by atoms with Crippen LogP contribution in [0.4, 0.5) is 0 Å². The van der Waals surface area contributed by atoms with E-state index < -0.39 is 0 Å². The van der Waals surface area contributed by atoms with Crippen molar-refractivity contribution in [2.45, 2.75) is 6.54 Å². The highest BCUT2D eigenvalue weighted by Gasteiger charge is 2.23. The van der Waals surface area contributed by atoms with Crippen molar-refractivity contribution in [3.8, 4) is 10.7 Å². The first-order chi connectivity index (χ1) is 12.7. The van der Waals surface area contributed by atoms with Gasteiger partial charge in [-0.15, -0.1) is 11.3 Å². The van der Waals surface area contributed by atoms with Gasteiger partial charge in [0.25, 0.3) is 5.91 Å². The number of nitrogens with zero attached hydrogens (tertiary/aromatic N) is 4. The summed E-state index contributed by atoms with van der Waals surface area (Å²) >= 11 is 5.01. The predicted octanol–water partition coefficient (Wildman–Crippen LogP) is 3.52. The SMILES string of the molecule is O=C(c1cccc(Br)c1)N1CCN(Cc2nc(-c3cccs3)no2)CC1. The number of carbonyl (C=O) groups excluding carboxylic acids is 1. The number of aromatic nitrogens is 2. The summed E-state index contributed by atoms with van der Waals surface area (Å²) in [7, 11) is 0. The molecule has 0 spiro atoms. The molecule has 3 aromatic rings. The number of hydrogen-bond donors (Lipinski definition) is 0. The van der Waals surface area contributed by atoms with E-state index >= 15 is 0 Å². The fourth-order valence-electron chi connectivity index (χ4n) is 2.93. The molecule has 1 fully saturated rings. The fourth-order valence-corrected chi connectivity index (χ4v) is 3.98. The maximum Gasteiger partial charge on any atom is 0.253 e. The van der Waals surface area contributed by atoms with Crippen molar-refractivity contribution in [1.29, 1.82) is 0 Å². The molecule has 0 bridgehead atoms. The Bertz CT molecular complexity index is 888. The zero-order valence-electron chi connectivity index (χ0n) is 14.0. The Morgan fingerprint density at radius 1 is 1.19 bits per heavy atom. The molecule has 1 aliphatic heterocycles. The van der Waals surface area contributed by atoms with Gasteiger partial charge in [-0.3, -0.25) is 9.69 Å². The van der Waals surface area contributed by atoms with Crippen LogP contribution < -0.4 is 0 Å². The first-order valence-corrected chi connectivity index (χ1v) is 10.00. The second kappa shape index (κ2) is 7.69. The average Bonchev–Trinajstić information content (AvgIpc) is 3.33. The summed E-state index contributed by atoms with van der Waals surface area (Å²) in [4.78, 5) is 22.2. The molecule has 0 N–H and O–H groups in total. The Labute approximate surface area is 163 Å². The lowest BCUT2D eigenvalue weighted by Gasteiger charge is -2.34. The van der Waals surface area contributed by atoms with Crippen LogP contribution in [0.15, 0.2) is 50.8 Å².